The van der Waals surface area contributed by atoms with E-state index in [1.165, 1.54) is 16.9 Å². The van der Waals surface area contributed by atoms with E-state index in [4.69, 9.17) is 5.73 Å². The molecule has 0 radical (unpaired) electrons. The maximum atomic E-state index is 12.4. The number of nitrogens with two attached hydrogens (primary N) is 1. The minimum absolute atomic E-state index is 0.0842. The van der Waals surface area contributed by atoms with E-state index in [1.807, 2.05) is 35.8 Å². The summed E-state index contributed by atoms with van der Waals surface area (Å²) in [5.74, 6) is 0. The molecule has 1 heterocycles. The summed E-state index contributed by atoms with van der Waals surface area (Å²) in [7, 11) is 0. The normalized spacial score (nSPS) is 10.9. The molecule has 2 aromatic carbocycles. The molecule has 0 unspecified atom stereocenters. The fourth-order valence-electron chi connectivity index (χ4n) is 2.69. The molecule has 0 amide bonds. The van der Waals surface area contributed by atoms with Crippen LogP contribution in [0.2, 0.25) is 0 Å². The predicted molar refractivity (Wildman–Crippen MR) is 96.9 cm³/mol. The first kappa shape index (κ1) is 15.7. The van der Waals surface area contributed by atoms with Gasteiger partial charge >= 0.3 is 4.87 Å². The van der Waals surface area contributed by atoms with Gasteiger partial charge in [-0.05, 0) is 30.5 Å². The third kappa shape index (κ3) is 3.28. The second kappa shape index (κ2) is 6.52. The molecule has 23 heavy (non-hydrogen) atoms. The number of benzene rings is 2. The van der Waals surface area contributed by atoms with E-state index in [9.17, 15) is 4.79 Å². The smallest absolute Gasteiger partial charge is 0.308 e. The van der Waals surface area contributed by atoms with E-state index >= 15 is 0 Å². The van der Waals surface area contributed by atoms with Crippen molar-refractivity contribution in [1.82, 2.24) is 4.57 Å². The molecule has 4 heteroatoms. The monoisotopic (exact) mass is 324 g/mol. The molecule has 2 N–H and O–H groups in total. The van der Waals surface area contributed by atoms with Gasteiger partial charge in [0.15, 0.2) is 0 Å². The van der Waals surface area contributed by atoms with Gasteiger partial charge in [0.05, 0.1) is 12.2 Å². The highest BCUT2D eigenvalue weighted by molar-refractivity contribution is 7.09. The summed E-state index contributed by atoms with van der Waals surface area (Å²) in [6.45, 7) is 5.19. The predicted octanol–water partition coefficient (Wildman–Crippen LogP) is 3.70. The molecule has 3 aromatic rings. The highest BCUT2D eigenvalue weighted by Gasteiger charge is 2.14. The number of rotatable bonds is 4. The average molecular weight is 324 g/mol. The zero-order valence-corrected chi connectivity index (χ0v) is 14.2. The van der Waals surface area contributed by atoms with E-state index in [2.05, 4.69) is 31.2 Å². The number of thiazole rings is 1. The molecule has 3 rings (SSSR count). The largest absolute Gasteiger partial charge is 0.326 e. The van der Waals surface area contributed by atoms with Gasteiger partial charge in [-0.1, -0.05) is 65.4 Å². The lowest BCUT2D eigenvalue weighted by atomic mass is 10.1. The van der Waals surface area contributed by atoms with E-state index in [-0.39, 0.29) is 4.87 Å². The van der Waals surface area contributed by atoms with Crippen molar-refractivity contribution in [3.8, 4) is 11.3 Å². The van der Waals surface area contributed by atoms with Gasteiger partial charge in [0.1, 0.15) is 0 Å². The molecule has 0 fully saturated rings. The Bertz CT molecular complexity index is 858. The van der Waals surface area contributed by atoms with Crippen molar-refractivity contribution in [2.45, 2.75) is 26.9 Å². The minimum atomic E-state index is 0.0842. The first-order valence-corrected chi connectivity index (χ1v) is 8.45. The van der Waals surface area contributed by atoms with Crippen LogP contribution in [0.15, 0.2) is 53.3 Å². The molecule has 0 bridgehead atoms. The number of hydrogen-bond acceptors (Lipinski definition) is 3. The summed E-state index contributed by atoms with van der Waals surface area (Å²) in [5, 5.41) is 0. The topological polar surface area (TPSA) is 48.0 Å². The van der Waals surface area contributed by atoms with Crippen molar-refractivity contribution < 1.29 is 0 Å². The molecule has 3 nitrogen and oxygen atoms in total. The Morgan fingerprint density at radius 1 is 0.957 bits per heavy atom. The van der Waals surface area contributed by atoms with Gasteiger partial charge in [0, 0.05) is 11.4 Å². The fourth-order valence-corrected chi connectivity index (χ4v) is 3.55. The second-order valence-corrected chi connectivity index (χ2v) is 6.91. The Morgan fingerprint density at radius 2 is 1.57 bits per heavy atom. The number of aromatic nitrogens is 1. The Balaban J connectivity index is 2.01. The molecule has 0 spiro atoms. The lowest BCUT2D eigenvalue weighted by Crippen LogP contribution is -2.15. The molecule has 1 aromatic heterocycles. The van der Waals surface area contributed by atoms with Crippen molar-refractivity contribution in [3.63, 3.8) is 0 Å². The first-order valence-electron chi connectivity index (χ1n) is 7.63. The van der Waals surface area contributed by atoms with Crippen LogP contribution in [0.25, 0.3) is 11.3 Å². The zero-order valence-electron chi connectivity index (χ0n) is 13.4. The summed E-state index contributed by atoms with van der Waals surface area (Å²) < 4.78 is 1.86. The van der Waals surface area contributed by atoms with Crippen molar-refractivity contribution >= 4 is 11.3 Å². The minimum Gasteiger partial charge on any atom is -0.326 e. The standard InChI is InChI=1S/C19H20N2OS/c1-13-3-9-17(10-4-13)18-14(2)23-19(22)21(18)12-16-7-5-15(11-20)6-8-16/h3-10H,11-12,20H2,1-2H3. The van der Waals surface area contributed by atoms with Gasteiger partial charge in [-0.15, -0.1) is 0 Å². The molecule has 0 aliphatic heterocycles. The maximum Gasteiger partial charge on any atom is 0.308 e. The SMILES string of the molecule is Cc1ccc(-c2c(C)sc(=O)n2Cc2ccc(CN)cc2)cc1. The van der Waals surface area contributed by atoms with Crippen LogP contribution in [-0.2, 0) is 13.1 Å². The van der Waals surface area contributed by atoms with Crippen LogP contribution >= 0.6 is 11.3 Å². The summed E-state index contributed by atoms with van der Waals surface area (Å²) in [6, 6.07) is 16.4. The van der Waals surface area contributed by atoms with Gasteiger partial charge in [0.2, 0.25) is 0 Å². The molecular formula is C19H20N2OS. The van der Waals surface area contributed by atoms with Crippen LogP contribution in [0.5, 0.6) is 0 Å². The van der Waals surface area contributed by atoms with E-state index in [0.29, 0.717) is 13.1 Å². The Labute approximate surface area is 140 Å². The molecular weight excluding hydrogens is 304 g/mol. The lowest BCUT2D eigenvalue weighted by molar-refractivity contribution is 0.789. The Hall–Kier alpha value is -2.17. The van der Waals surface area contributed by atoms with Crippen LogP contribution < -0.4 is 10.6 Å². The Morgan fingerprint density at radius 3 is 2.17 bits per heavy atom. The van der Waals surface area contributed by atoms with Gasteiger partial charge in [-0.3, -0.25) is 9.36 Å². The first-order chi connectivity index (χ1) is 11.1. The van der Waals surface area contributed by atoms with Crippen LogP contribution in [-0.4, -0.2) is 4.57 Å². The van der Waals surface area contributed by atoms with Crippen molar-refractivity contribution in [1.29, 1.82) is 0 Å². The summed E-state index contributed by atoms with van der Waals surface area (Å²) in [4.78, 5) is 13.5. The molecule has 0 saturated carbocycles. The van der Waals surface area contributed by atoms with Crippen molar-refractivity contribution in [2.24, 2.45) is 5.73 Å². The highest BCUT2D eigenvalue weighted by atomic mass is 32.1. The quantitative estimate of drug-likeness (QED) is 0.795. The van der Waals surface area contributed by atoms with Gasteiger partial charge in [-0.25, -0.2) is 0 Å². The van der Waals surface area contributed by atoms with Crippen LogP contribution in [0, 0.1) is 13.8 Å². The number of aryl methyl sites for hydroxylation is 2. The average Bonchev–Trinajstić information content (AvgIpc) is 2.83. The van der Waals surface area contributed by atoms with Crippen LogP contribution in [0.3, 0.4) is 0 Å². The fraction of sp³-hybridized carbons (Fsp3) is 0.211. The number of nitrogens with zero attached hydrogens (tertiary/aromatic N) is 1. The zero-order chi connectivity index (χ0) is 16.4. The summed E-state index contributed by atoms with van der Waals surface area (Å²) in [5.41, 5.74) is 11.2. The summed E-state index contributed by atoms with van der Waals surface area (Å²) in [6.07, 6.45) is 0. The maximum absolute atomic E-state index is 12.4. The molecule has 0 saturated heterocycles. The van der Waals surface area contributed by atoms with Crippen molar-refractivity contribution in [3.05, 3.63) is 79.8 Å². The highest BCUT2D eigenvalue weighted by Crippen LogP contribution is 2.26. The summed E-state index contributed by atoms with van der Waals surface area (Å²) >= 11 is 1.31. The number of hydrogen-bond donors (Lipinski definition) is 1. The second-order valence-electron chi connectivity index (χ2n) is 5.75. The van der Waals surface area contributed by atoms with Crippen molar-refractivity contribution in [2.75, 3.05) is 0 Å². The molecule has 0 aliphatic rings. The molecule has 118 valence electrons. The van der Waals surface area contributed by atoms with E-state index in [0.717, 1.165) is 27.3 Å². The van der Waals surface area contributed by atoms with E-state index in [1.54, 1.807) is 0 Å². The van der Waals surface area contributed by atoms with Gasteiger partial charge in [0.25, 0.3) is 0 Å². The molecule has 0 atom stereocenters. The third-order valence-corrected chi connectivity index (χ3v) is 4.88. The molecule has 0 aliphatic carbocycles. The lowest BCUT2D eigenvalue weighted by Gasteiger charge is -2.10. The van der Waals surface area contributed by atoms with E-state index < -0.39 is 0 Å². The Kier molecular flexibility index (Phi) is 4.46. The van der Waals surface area contributed by atoms with Gasteiger partial charge in [-0.2, -0.15) is 0 Å². The van der Waals surface area contributed by atoms with Crippen LogP contribution in [0.1, 0.15) is 21.6 Å². The third-order valence-electron chi connectivity index (χ3n) is 3.99. The van der Waals surface area contributed by atoms with Gasteiger partial charge < -0.3 is 5.73 Å². The van der Waals surface area contributed by atoms with Crippen LogP contribution in [0.4, 0.5) is 0 Å².